The minimum absolute atomic E-state index is 0.343. The van der Waals surface area contributed by atoms with Crippen LogP contribution in [0.5, 0.6) is 0 Å². The fourth-order valence-corrected chi connectivity index (χ4v) is 1.88. The van der Waals surface area contributed by atoms with E-state index in [0.29, 0.717) is 12.1 Å². The van der Waals surface area contributed by atoms with E-state index in [2.05, 4.69) is 38.0 Å². The van der Waals surface area contributed by atoms with Gasteiger partial charge in [-0.3, -0.25) is 0 Å². The molecule has 0 fully saturated rings. The first-order chi connectivity index (χ1) is 8.19. The van der Waals surface area contributed by atoms with Crippen molar-refractivity contribution in [3.8, 4) is 0 Å². The summed E-state index contributed by atoms with van der Waals surface area (Å²) in [5.74, 6) is 1.04. The molecule has 0 spiro atoms. The Morgan fingerprint density at radius 2 is 2.12 bits per heavy atom. The fourth-order valence-electron chi connectivity index (χ4n) is 1.88. The normalized spacial score (nSPS) is 15.1. The van der Waals surface area contributed by atoms with Crippen LogP contribution >= 0.6 is 0 Å². The number of nitrogens with zero attached hydrogens (tertiary/aromatic N) is 1. The van der Waals surface area contributed by atoms with E-state index in [1.165, 1.54) is 6.42 Å². The van der Waals surface area contributed by atoms with Crippen molar-refractivity contribution in [1.82, 2.24) is 10.2 Å². The van der Waals surface area contributed by atoms with E-state index < -0.39 is 0 Å². The summed E-state index contributed by atoms with van der Waals surface area (Å²) in [5.41, 5.74) is 0. The van der Waals surface area contributed by atoms with Crippen LogP contribution in [0, 0.1) is 0 Å². The fraction of sp³-hybridized carbons (Fsp3) is 0.714. The van der Waals surface area contributed by atoms with Gasteiger partial charge in [-0.05, 0) is 38.9 Å². The van der Waals surface area contributed by atoms with Crippen LogP contribution in [0.3, 0.4) is 0 Å². The number of hydrogen-bond acceptors (Lipinski definition) is 3. The van der Waals surface area contributed by atoms with Crippen molar-refractivity contribution in [2.45, 2.75) is 45.7 Å². The van der Waals surface area contributed by atoms with E-state index in [1.54, 1.807) is 6.26 Å². The van der Waals surface area contributed by atoms with Crippen molar-refractivity contribution >= 4 is 0 Å². The molecule has 0 aliphatic rings. The molecule has 0 saturated carbocycles. The van der Waals surface area contributed by atoms with E-state index >= 15 is 0 Å². The Morgan fingerprint density at radius 1 is 1.35 bits per heavy atom. The third-order valence-corrected chi connectivity index (χ3v) is 3.49. The Balaban J connectivity index is 2.29. The van der Waals surface area contributed by atoms with Crippen LogP contribution < -0.4 is 5.32 Å². The molecule has 0 aliphatic heterocycles. The Morgan fingerprint density at radius 3 is 2.65 bits per heavy atom. The molecule has 0 aromatic carbocycles. The topological polar surface area (TPSA) is 28.4 Å². The average Bonchev–Trinajstić information content (AvgIpc) is 2.87. The van der Waals surface area contributed by atoms with E-state index in [4.69, 9.17) is 4.42 Å². The number of hydrogen-bond donors (Lipinski definition) is 1. The number of nitrogens with one attached hydrogen (secondary N) is 1. The van der Waals surface area contributed by atoms with E-state index in [1.807, 2.05) is 12.1 Å². The molecule has 0 saturated heterocycles. The highest BCUT2D eigenvalue weighted by Gasteiger charge is 2.12. The number of rotatable bonds is 8. The third-order valence-electron chi connectivity index (χ3n) is 3.49. The van der Waals surface area contributed by atoms with Gasteiger partial charge in [0.2, 0.25) is 0 Å². The lowest BCUT2D eigenvalue weighted by atomic mass is 10.1. The number of furan rings is 1. The lowest BCUT2D eigenvalue weighted by Crippen LogP contribution is -2.36. The highest BCUT2D eigenvalue weighted by molar-refractivity contribution is 5.03. The number of likely N-dealkylation sites (N-methyl/N-ethyl adjacent to an activating group) is 1. The molecule has 98 valence electrons. The minimum Gasteiger partial charge on any atom is -0.468 e. The van der Waals surface area contributed by atoms with Gasteiger partial charge in [0.05, 0.1) is 12.3 Å². The van der Waals surface area contributed by atoms with Crippen LogP contribution in [-0.4, -0.2) is 31.1 Å². The average molecular weight is 238 g/mol. The summed E-state index contributed by atoms with van der Waals surface area (Å²) >= 11 is 0. The molecule has 1 rings (SSSR count). The molecule has 17 heavy (non-hydrogen) atoms. The summed E-state index contributed by atoms with van der Waals surface area (Å²) in [4.78, 5) is 2.39. The highest BCUT2D eigenvalue weighted by Crippen LogP contribution is 2.16. The Bertz CT molecular complexity index is 284. The van der Waals surface area contributed by atoms with E-state index in [-0.39, 0.29) is 0 Å². The van der Waals surface area contributed by atoms with Crippen LogP contribution in [0.15, 0.2) is 22.8 Å². The van der Waals surface area contributed by atoms with Gasteiger partial charge < -0.3 is 14.6 Å². The predicted molar refractivity (Wildman–Crippen MR) is 72.1 cm³/mol. The maximum Gasteiger partial charge on any atom is 0.120 e. The maximum absolute atomic E-state index is 5.44. The molecule has 2 unspecified atom stereocenters. The second kappa shape index (κ2) is 7.51. The molecule has 1 N–H and O–H groups in total. The van der Waals surface area contributed by atoms with Gasteiger partial charge in [0.25, 0.3) is 0 Å². The van der Waals surface area contributed by atoms with Crippen molar-refractivity contribution in [2.75, 3.05) is 20.1 Å². The zero-order chi connectivity index (χ0) is 12.7. The summed E-state index contributed by atoms with van der Waals surface area (Å²) < 4.78 is 5.44. The SMILES string of the molecule is CCC(NCCN(C)C(C)CC)c1ccco1. The zero-order valence-corrected chi connectivity index (χ0v) is 11.6. The summed E-state index contributed by atoms with van der Waals surface area (Å²) in [6, 6.07) is 4.99. The first-order valence-electron chi connectivity index (χ1n) is 6.66. The van der Waals surface area contributed by atoms with Gasteiger partial charge in [0, 0.05) is 19.1 Å². The summed E-state index contributed by atoms with van der Waals surface area (Å²) in [7, 11) is 2.18. The van der Waals surface area contributed by atoms with Gasteiger partial charge in [-0.1, -0.05) is 13.8 Å². The van der Waals surface area contributed by atoms with Crippen LogP contribution in [0.25, 0.3) is 0 Å². The first kappa shape index (κ1) is 14.3. The van der Waals surface area contributed by atoms with Gasteiger partial charge in [-0.15, -0.1) is 0 Å². The molecule has 1 aromatic heterocycles. The molecular weight excluding hydrogens is 212 g/mol. The van der Waals surface area contributed by atoms with Crippen LogP contribution in [0.4, 0.5) is 0 Å². The van der Waals surface area contributed by atoms with Crippen molar-refractivity contribution < 1.29 is 4.42 Å². The molecule has 2 atom stereocenters. The van der Waals surface area contributed by atoms with Gasteiger partial charge in [0.15, 0.2) is 0 Å². The molecule has 0 radical (unpaired) electrons. The lowest BCUT2D eigenvalue weighted by Gasteiger charge is -2.24. The molecule has 1 aromatic rings. The maximum atomic E-state index is 5.44. The molecule has 0 amide bonds. The quantitative estimate of drug-likeness (QED) is 0.754. The van der Waals surface area contributed by atoms with Crippen LogP contribution in [0.1, 0.15) is 45.4 Å². The van der Waals surface area contributed by atoms with Crippen molar-refractivity contribution in [2.24, 2.45) is 0 Å². The zero-order valence-electron chi connectivity index (χ0n) is 11.6. The Hall–Kier alpha value is -0.800. The van der Waals surface area contributed by atoms with E-state index in [9.17, 15) is 0 Å². The second-order valence-corrected chi connectivity index (χ2v) is 4.67. The van der Waals surface area contributed by atoms with Gasteiger partial charge in [0.1, 0.15) is 5.76 Å². The lowest BCUT2D eigenvalue weighted by molar-refractivity contribution is 0.245. The van der Waals surface area contributed by atoms with Crippen molar-refractivity contribution in [3.63, 3.8) is 0 Å². The summed E-state index contributed by atoms with van der Waals surface area (Å²) in [6.45, 7) is 8.75. The second-order valence-electron chi connectivity index (χ2n) is 4.67. The van der Waals surface area contributed by atoms with Gasteiger partial charge in [-0.2, -0.15) is 0 Å². The van der Waals surface area contributed by atoms with Crippen LogP contribution in [0.2, 0.25) is 0 Å². The summed E-state index contributed by atoms with van der Waals surface area (Å²) in [5, 5.41) is 3.55. The monoisotopic (exact) mass is 238 g/mol. The first-order valence-corrected chi connectivity index (χ1v) is 6.66. The standard InChI is InChI=1S/C14H26N2O/c1-5-12(3)16(4)10-9-15-13(6-2)14-8-7-11-17-14/h7-8,11-13,15H,5-6,9-10H2,1-4H3. The molecule has 1 heterocycles. The van der Waals surface area contributed by atoms with Crippen molar-refractivity contribution in [1.29, 1.82) is 0 Å². The smallest absolute Gasteiger partial charge is 0.120 e. The summed E-state index contributed by atoms with van der Waals surface area (Å²) in [6.07, 6.45) is 4.00. The Kier molecular flexibility index (Phi) is 6.30. The van der Waals surface area contributed by atoms with Crippen molar-refractivity contribution in [3.05, 3.63) is 24.2 Å². The third kappa shape index (κ3) is 4.52. The van der Waals surface area contributed by atoms with Gasteiger partial charge >= 0.3 is 0 Å². The molecule has 0 bridgehead atoms. The predicted octanol–water partition coefficient (Wildman–Crippen LogP) is 3.05. The van der Waals surface area contributed by atoms with Gasteiger partial charge in [-0.25, -0.2) is 0 Å². The molecule has 3 heteroatoms. The molecule has 3 nitrogen and oxygen atoms in total. The largest absolute Gasteiger partial charge is 0.468 e. The van der Waals surface area contributed by atoms with E-state index in [0.717, 1.165) is 25.3 Å². The minimum atomic E-state index is 0.343. The highest BCUT2D eigenvalue weighted by atomic mass is 16.3. The Labute approximate surface area is 105 Å². The van der Waals surface area contributed by atoms with Crippen LogP contribution in [-0.2, 0) is 0 Å². The molecular formula is C14H26N2O. The molecule has 0 aliphatic carbocycles.